The van der Waals surface area contributed by atoms with E-state index in [0.29, 0.717) is 11.5 Å². The van der Waals surface area contributed by atoms with Gasteiger partial charge in [-0.3, -0.25) is 9.67 Å². The van der Waals surface area contributed by atoms with Crippen LogP contribution in [0.2, 0.25) is 0 Å². The summed E-state index contributed by atoms with van der Waals surface area (Å²) in [5.41, 5.74) is 9.73. The van der Waals surface area contributed by atoms with Gasteiger partial charge in [-0.05, 0) is 56.2 Å². The molecule has 5 aromatic rings. The number of aryl methyl sites for hydroxylation is 1. The maximum atomic E-state index is 6.20. The first kappa shape index (κ1) is 26.1. The van der Waals surface area contributed by atoms with Gasteiger partial charge in [0.2, 0.25) is 0 Å². The molecule has 3 aromatic carbocycles. The zero-order valence-corrected chi connectivity index (χ0v) is 24.5. The quantitative estimate of drug-likeness (QED) is 0.186. The average molecular weight is 704 g/mol. The average Bonchev–Trinajstić information content (AvgIpc) is 3.62. The molecule has 7 heteroatoms. The van der Waals surface area contributed by atoms with E-state index in [-0.39, 0.29) is 27.0 Å². The van der Waals surface area contributed by atoms with Gasteiger partial charge in [0.15, 0.2) is 0 Å². The molecular weight excluding hydrogens is 677 g/mol. The predicted molar refractivity (Wildman–Crippen MR) is 152 cm³/mol. The van der Waals surface area contributed by atoms with Crippen molar-refractivity contribution < 1.29 is 25.8 Å². The molecule has 0 radical (unpaired) electrons. The van der Waals surface area contributed by atoms with E-state index in [1.165, 1.54) is 22.3 Å². The number of aromatic nitrogens is 3. The Labute approximate surface area is 248 Å². The van der Waals surface area contributed by atoms with Crippen LogP contribution in [0, 0.1) is 32.6 Å². The van der Waals surface area contributed by atoms with Crippen LogP contribution in [0.15, 0.2) is 91.4 Å². The summed E-state index contributed by atoms with van der Waals surface area (Å²) < 4.78 is 8.17. The largest absolute Gasteiger partial charge is 0.510 e. The number of hydrogen-bond donors (Lipinski definition) is 0. The van der Waals surface area contributed by atoms with Gasteiger partial charge in [-0.25, -0.2) is 0 Å². The molecule has 2 aromatic heterocycles. The van der Waals surface area contributed by atoms with Crippen molar-refractivity contribution in [2.45, 2.75) is 19.8 Å². The van der Waals surface area contributed by atoms with E-state index in [1.807, 2.05) is 89.3 Å². The van der Waals surface area contributed by atoms with E-state index >= 15 is 0 Å². The summed E-state index contributed by atoms with van der Waals surface area (Å²) in [6.07, 6.45) is 5.84. The SMILES string of the molecule is Cc1nn(-c2[c-]c(Oc3[c-]c(N4C=CN(C)[CH-]4)ccc3)ccc2)c(C)c1C1c2ccccc2-c2ncccc21.[Pt]. The first-order valence-electron chi connectivity index (χ1n) is 12.9. The predicted octanol–water partition coefficient (Wildman–Crippen LogP) is 6.78. The van der Waals surface area contributed by atoms with Crippen molar-refractivity contribution in [3.8, 4) is 28.4 Å². The Morgan fingerprint density at radius 1 is 0.825 bits per heavy atom. The van der Waals surface area contributed by atoms with Crippen LogP contribution in [0.5, 0.6) is 11.5 Å². The molecule has 0 N–H and O–H groups in total. The number of rotatable bonds is 5. The molecular formula is C33H26N5OPt-3. The van der Waals surface area contributed by atoms with Crippen molar-refractivity contribution >= 4 is 5.69 Å². The van der Waals surface area contributed by atoms with Gasteiger partial charge >= 0.3 is 0 Å². The third-order valence-corrected chi connectivity index (χ3v) is 7.31. The van der Waals surface area contributed by atoms with Gasteiger partial charge in [0.05, 0.1) is 11.4 Å². The number of benzene rings is 3. The van der Waals surface area contributed by atoms with Gasteiger partial charge < -0.3 is 14.5 Å². The molecule has 6 nitrogen and oxygen atoms in total. The summed E-state index contributed by atoms with van der Waals surface area (Å²) in [6, 6.07) is 31.2. The second kappa shape index (κ2) is 10.4. The monoisotopic (exact) mass is 703 g/mol. The molecule has 1 atom stereocenters. The van der Waals surface area contributed by atoms with Crippen LogP contribution < -0.4 is 9.64 Å². The summed E-state index contributed by atoms with van der Waals surface area (Å²) >= 11 is 0. The van der Waals surface area contributed by atoms with Crippen molar-refractivity contribution in [2.24, 2.45) is 0 Å². The molecule has 7 rings (SSSR count). The fraction of sp³-hybridized carbons (Fsp3) is 0.121. The van der Waals surface area contributed by atoms with Gasteiger partial charge in [-0.1, -0.05) is 30.3 Å². The van der Waals surface area contributed by atoms with E-state index in [2.05, 4.69) is 56.3 Å². The van der Waals surface area contributed by atoms with E-state index < -0.39 is 0 Å². The van der Waals surface area contributed by atoms with E-state index in [4.69, 9.17) is 14.8 Å². The number of fused-ring (bicyclic) bond motifs is 3. The summed E-state index contributed by atoms with van der Waals surface area (Å²) in [4.78, 5) is 8.71. The summed E-state index contributed by atoms with van der Waals surface area (Å²) in [7, 11) is 1.99. The zero-order valence-electron chi connectivity index (χ0n) is 22.3. The Morgan fingerprint density at radius 3 is 2.33 bits per heavy atom. The van der Waals surface area contributed by atoms with Crippen molar-refractivity contribution in [3.63, 3.8) is 0 Å². The Balaban J connectivity index is 0.00000289. The van der Waals surface area contributed by atoms with Crippen molar-refractivity contribution in [3.05, 3.63) is 138 Å². The van der Waals surface area contributed by atoms with Crippen LogP contribution in [-0.2, 0) is 21.1 Å². The smallest absolute Gasteiger partial charge is 0.0746 e. The zero-order chi connectivity index (χ0) is 26.5. The number of hydrogen-bond acceptors (Lipinski definition) is 5. The van der Waals surface area contributed by atoms with Gasteiger partial charge in [-0.15, -0.1) is 42.1 Å². The Kier molecular flexibility index (Phi) is 6.81. The fourth-order valence-electron chi connectivity index (χ4n) is 5.60. The van der Waals surface area contributed by atoms with Crippen LogP contribution in [-0.4, -0.2) is 26.7 Å². The summed E-state index contributed by atoms with van der Waals surface area (Å²) in [5, 5.41) is 4.97. The molecule has 1 aliphatic heterocycles. The third kappa shape index (κ3) is 4.43. The van der Waals surface area contributed by atoms with E-state index in [1.54, 1.807) is 0 Å². The molecule has 0 amide bonds. The maximum absolute atomic E-state index is 6.20. The van der Waals surface area contributed by atoms with Crippen molar-refractivity contribution in [2.75, 3.05) is 11.9 Å². The minimum Gasteiger partial charge on any atom is -0.510 e. The minimum absolute atomic E-state index is 0. The fourth-order valence-corrected chi connectivity index (χ4v) is 5.60. The Bertz CT molecular complexity index is 1700. The topological polar surface area (TPSA) is 46.4 Å². The van der Waals surface area contributed by atoms with Crippen LogP contribution in [0.25, 0.3) is 16.9 Å². The second-order valence-electron chi connectivity index (χ2n) is 9.85. The molecule has 0 bridgehead atoms. The third-order valence-electron chi connectivity index (χ3n) is 7.31. The number of ether oxygens (including phenoxy) is 1. The van der Waals surface area contributed by atoms with Crippen molar-refractivity contribution in [1.29, 1.82) is 0 Å². The Morgan fingerprint density at radius 2 is 1.55 bits per heavy atom. The van der Waals surface area contributed by atoms with Gasteiger partial charge in [-0.2, -0.15) is 23.9 Å². The first-order chi connectivity index (χ1) is 19.1. The van der Waals surface area contributed by atoms with E-state index in [0.717, 1.165) is 28.5 Å². The van der Waals surface area contributed by atoms with Crippen molar-refractivity contribution in [1.82, 2.24) is 19.7 Å². The normalized spacial score (nSPS) is 15.1. The molecule has 0 spiro atoms. The molecule has 0 saturated carbocycles. The maximum Gasteiger partial charge on any atom is 0.0746 e. The van der Waals surface area contributed by atoms with Crippen LogP contribution in [0.3, 0.4) is 0 Å². The summed E-state index contributed by atoms with van der Waals surface area (Å²) in [5.74, 6) is 1.32. The molecule has 0 saturated heterocycles. The van der Waals surface area contributed by atoms with Gasteiger partial charge in [0.1, 0.15) is 0 Å². The molecule has 3 heterocycles. The van der Waals surface area contributed by atoms with Crippen LogP contribution >= 0.6 is 0 Å². The number of anilines is 1. The van der Waals surface area contributed by atoms with Crippen LogP contribution in [0.4, 0.5) is 5.69 Å². The molecule has 40 heavy (non-hydrogen) atoms. The molecule has 0 fully saturated rings. The number of nitrogens with zero attached hydrogens (tertiary/aromatic N) is 5. The number of pyridine rings is 1. The second-order valence-corrected chi connectivity index (χ2v) is 9.85. The first-order valence-corrected chi connectivity index (χ1v) is 12.9. The van der Waals surface area contributed by atoms with E-state index in [9.17, 15) is 0 Å². The standard InChI is InChI=1S/C33H26N5O.Pt/c1-22-31(32-28-13-4-5-14-29(28)33-30(32)15-8-16-34-33)23(2)38(35-22)25-10-7-12-27(20-25)39-26-11-6-9-24(19-26)37-18-17-36(3)21-37;/h4-18,21,32H,1-3H3;/q-3;. The minimum atomic E-state index is 0. The molecule has 1 unspecified atom stereocenters. The van der Waals surface area contributed by atoms with Gasteiger partial charge in [0.25, 0.3) is 0 Å². The molecule has 2 aliphatic rings. The Hall–Kier alpha value is -4.15. The van der Waals surface area contributed by atoms with Gasteiger partial charge in [0, 0.05) is 61.5 Å². The molecule has 202 valence electrons. The van der Waals surface area contributed by atoms with Crippen LogP contribution in [0.1, 0.15) is 34.0 Å². The summed E-state index contributed by atoms with van der Waals surface area (Å²) in [6.45, 7) is 6.19. The molecule has 1 aliphatic carbocycles.